The first-order valence-electron chi connectivity index (χ1n) is 8.54. The van der Waals surface area contributed by atoms with Crippen molar-refractivity contribution in [2.75, 3.05) is 0 Å². The van der Waals surface area contributed by atoms with Gasteiger partial charge in [-0.1, -0.05) is 42.5 Å². The van der Waals surface area contributed by atoms with E-state index in [1.807, 2.05) is 12.3 Å². The number of rotatable bonds is 1. The van der Waals surface area contributed by atoms with Gasteiger partial charge in [-0.2, -0.15) is 0 Å². The Bertz CT molecular complexity index is 1040. The topological polar surface area (TPSA) is 26.3 Å². The minimum Gasteiger partial charge on any atom is -0.469 e. The Kier molecular flexibility index (Phi) is 2.33. The summed E-state index contributed by atoms with van der Waals surface area (Å²) in [5.41, 5.74) is 5.21. The van der Waals surface area contributed by atoms with Gasteiger partial charge in [0.05, 0.1) is 6.26 Å². The molecular formula is C22H16O2. The molecule has 2 unspecified atom stereocenters. The van der Waals surface area contributed by atoms with E-state index in [1.54, 1.807) is 0 Å². The van der Waals surface area contributed by atoms with Gasteiger partial charge in [-0.15, -0.1) is 0 Å². The van der Waals surface area contributed by atoms with Crippen LogP contribution in [0.25, 0.3) is 11.0 Å². The molecular weight excluding hydrogens is 296 g/mol. The minimum atomic E-state index is 0.342. The molecule has 24 heavy (non-hydrogen) atoms. The van der Waals surface area contributed by atoms with Gasteiger partial charge in [0, 0.05) is 35.1 Å². The molecule has 116 valence electrons. The standard InChI is InChI=1S/C22H16O2/c1-4-8-18-13(5-1)11-20(24-18)22-17-12-19-16(9-10-23-19)21(22)15-7-3-2-6-14(15)17/h1-11,17,21-22H,12H2/t17?,21?,22-/m1/s1. The molecule has 0 saturated carbocycles. The van der Waals surface area contributed by atoms with E-state index < -0.39 is 0 Å². The number of fused-ring (bicyclic) bond motifs is 8. The molecule has 2 aliphatic carbocycles. The van der Waals surface area contributed by atoms with Crippen molar-refractivity contribution in [3.63, 3.8) is 0 Å². The lowest BCUT2D eigenvalue weighted by atomic mass is 9.74. The van der Waals surface area contributed by atoms with Gasteiger partial charge in [0.2, 0.25) is 0 Å². The van der Waals surface area contributed by atoms with Crippen LogP contribution < -0.4 is 0 Å². The fourth-order valence-electron chi connectivity index (χ4n) is 4.87. The Balaban J connectivity index is 1.60. The fourth-order valence-corrected chi connectivity index (χ4v) is 4.87. The van der Waals surface area contributed by atoms with Crippen LogP contribution in [-0.2, 0) is 6.42 Å². The summed E-state index contributed by atoms with van der Waals surface area (Å²) in [4.78, 5) is 0. The van der Waals surface area contributed by atoms with Gasteiger partial charge in [0.1, 0.15) is 17.1 Å². The second-order valence-electron chi connectivity index (χ2n) is 6.93. The fraction of sp³-hybridized carbons (Fsp3) is 0.182. The van der Waals surface area contributed by atoms with E-state index in [0.29, 0.717) is 17.8 Å². The van der Waals surface area contributed by atoms with Crippen molar-refractivity contribution in [1.82, 2.24) is 0 Å². The van der Waals surface area contributed by atoms with E-state index >= 15 is 0 Å². The Hall–Kier alpha value is -2.74. The molecule has 2 bridgehead atoms. The molecule has 0 amide bonds. The lowest BCUT2D eigenvalue weighted by molar-refractivity contribution is 0.380. The van der Waals surface area contributed by atoms with E-state index in [2.05, 4.69) is 54.6 Å². The lowest BCUT2D eigenvalue weighted by Crippen LogP contribution is -2.18. The van der Waals surface area contributed by atoms with Crippen molar-refractivity contribution in [2.24, 2.45) is 0 Å². The molecule has 0 aliphatic heterocycles. The highest BCUT2D eigenvalue weighted by molar-refractivity contribution is 5.78. The quantitative estimate of drug-likeness (QED) is 0.457. The number of hydrogen-bond donors (Lipinski definition) is 0. The van der Waals surface area contributed by atoms with Crippen molar-refractivity contribution in [3.8, 4) is 0 Å². The summed E-state index contributed by atoms with van der Waals surface area (Å²) >= 11 is 0. The lowest BCUT2D eigenvalue weighted by Gasteiger charge is -2.28. The summed E-state index contributed by atoms with van der Waals surface area (Å²) in [6.07, 6.45) is 2.79. The van der Waals surface area contributed by atoms with Crippen LogP contribution in [0.15, 0.2) is 75.8 Å². The van der Waals surface area contributed by atoms with E-state index in [9.17, 15) is 0 Å². The van der Waals surface area contributed by atoms with Crippen LogP contribution in [0, 0.1) is 0 Å². The highest BCUT2D eigenvalue weighted by Crippen LogP contribution is 2.60. The molecule has 6 rings (SSSR count). The third-order valence-electron chi connectivity index (χ3n) is 5.82. The average molecular weight is 312 g/mol. The number of para-hydroxylation sites is 1. The number of benzene rings is 2. The number of furan rings is 2. The van der Waals surface area contributed by atoms with Crippen LogP contribution in [-0.4, -0.2) is 0 Å². The van der Waals surface area contributed by atoms with Crippen molar-refractivity contribution >= 4 is 11.0 Å². The molecule has 2 heteroatoms. The number of hydrogen-bond acceptors (Lipinski definition) is 2. The zero-order chi connectivity index (χ0) is 15.7. The predicted molar refractivity (Wildman–Crippen MR) is 92.4 cm³/mol. The normalized spacial score (nSPS) is 24.1. The van der Waals surface area contributed by atoms with Gasteiger partial charge in [0.15, 0.2) is 0 Å². The van der Waals surface area contributed by atoms with Crippen molar-refractivity contribution in [3.05, 3.63) is 95.1 Å². The highest BCUT2D eigenvalue weighted by atomic mass is 16.3. The SMILES string of the molecule is c1ccc2c(c1)C1Cc3occc3C2[C@H]1c1cc2ccccc2o1. The smallest absolute Gasteiger partial charge is 0.134 e. The van der Waals surface area contributed by atoms with Gasteiger partial charge >= 0.3 is 0 Å². The molecule has 4 aromatic rings. The Labute approximate surface area is 139 Å². The summed E-state index contributed by atoms with van der Waals surface area (Å²) in [5, 5.41) is 1.19. The van der Waals surface area contributed by atoms with Crippen LogP contribution in [0.5, 0.6) is 0 Å². The van der Waals surface area contributed by atoms with Crippen LogP contribution in [0.3, 0.4) is 0 Å². The minimum absolute atomic E-state index is 0.342. The summed E-state index contributed by atoms with van der Waals surface area (Å²) < 4.78 is 12.1. The second kappa shape index (κ2) is 4.41. The summed E-state index contributed by atoms with van der Waals surface area (Å²) in [5.74, 6) is 3.39. The maximum absolute atomic E-state index is 6.28. The molecule has 2 aliphatic rings. The third-order valence-corrected chi connectivity index (χ3v) is 5.82. The Morgan fingerprint density at radius 2 is 1.67 bits per heavy atom. The maximum Gasteiger partial charge on any atom is 0.134 e. The second-order valence-corrected chi connectivity index (χ2v) is 6.93. The largest absolute Gasteiger partial charge is 0.469 e. The van der Waals surface area contributed by atoms with Crippen molar-refractivity contribution in [1.29, 1.82) is 0 Å². The Morgan fingerprint density at radius 3 is 2.58 bits per heavy atom. The first-order valence-corrected chi connectivity index (χ1v) is 8.54. The van der Waals surface area contributed by atoms with E-state index in [0.717, 1.165) is 23.5 Å². The zero-order valence-corrected chi connectivity index (χ0v) is 13.1. The summed E-state index contributed by atoms with van der Waals surface area (Å²) in [6.45, 7) is 0. The molecule has 0 saturated heterocycles. The summed E-state index contributed by atoms with van der Waals surface area (Å²) in [7, 11) is 0. The monoisotopic (exact) mass is 312 g/mol. The molecule has 0 radical (unpaired) electrons. The zero-order valence-electron chi connectivity index (χ0n) is 13.1. The van der Waals surface area contributed by atoms with Crippen LogP contribution in [0.4, 0.5) is 0 Å². The Morgan fingerprint density at radius 1 is 0.833 bits per heavy atom. The predicted octanol–water partition coefficient (Wildman–Crippen LogP) is 5.59. The van der Waals surface area contributed by atoms with Gasteiger partial charge in [-0.05, 0) is 29.3 Å². The first kappa shape index (κ1) is 12.7. The summed E-state index contributed by atoms with van der Waals surface area (Å²) in [6, 6.07) is 21.5. The molecule has 2 heterocycles. The van der Waals surface area contributed by atoms with Gasteiger partial charge in [0.25, 0.3) is 0 Å². The molecule has 3 atom stereocenters. The van der Waals surface area contributed by atoms with Gasteiger partial charge in [-0.25, -0.2) is 0 Å². The van der Waals surface area contributed by atoms with E-state index in [1.165, 1.54) is 22.1 Å². The molecule has 2 aromatic carbocycles. The average Bonchev–Trinajstić information content (AvgIpc) is 3.30. The first-order chi connectivity index (χ1) is 11.9. The molecule has 0 fully saturated rings. The van der Waals surface area contributed by atoms with Crippen molar-refractivity contribution in [2.45, 2.75) is 24.2 Å². The molecule has 0 N–H and O–H groups in total. The molecule has 2 aromatic heterocycles. The third kappa shape index (κ3) is 1.51. The van der Waals surface area contributed by atoms with E-state index in [4.69, 9.17) is 8.83 Å². The van der Waals surface area contributed by atoms with E-state index in [-0.39, 0.29) is 0 Å². The highest BCUT2D eigenvalue weighted by Gasteiger charge is 2.48. The maximum atomic E-state index is 6.28. The van der Waals surface area contributed by atoms with Crippen molar-refractivity contribution < 1.29 is 8.83 Å². The molecule has 2 nitrogen and oxygen atoms in total. The van der Waals surface area contributed by atoms with Crippen LogP contribution in [0.1, 0.15) is 46.0 Å². The van der Waals surface area contributed by atoms with Crippen LogP contribution in [0.2, 0.25) is 0 Å². The van der Waals surface area contributed by atoms with Gasteiger partial charge in [-0.3, -0.25) is 0 Å². The van der Waals surface area contributed by atoms with Gasteiger partial charge < -0.3 is 8.83 Å². The van der Waals surface area contributed by atoms with Crippen LogP contribution >= 0.6 is 0 Å². The molecule has 0 spiro atoms.